The summed E-state index contributed by atoms with van der Waals surface area (Å²) in [5, 5.41) is 3.39. The van der Waals surface area contributed by atoms with E-state index in [2.05, 4.69) is 5.32 Å². The molecule has 220 valence electrons. The van der Waals surface area contributed by atoms with Crippen LogP contribution in [0.1, 0.15) is 44.7 Å². The summed E-state index contributed by atoms with van der Waals surface area (Å²) in [5.41, 5.74) is 1.41. The van der Waals surface area contributed by atoms with Crippen LogP contribution in [0, 0.1) is 5.82 Å². The Hall–Kier alpha value is -3.43. The van der Waals surface area contributed by atoms with Gasteiger partial charge in [-0.3, -0.25) is 13.9 Å². The molecular formula is C31H37ClFN3O4S. The summed E-state index contributed by atoms with van der Waals surface area (Å²) >= 11 is 6.08. The summed E-state index contributed by atoms with van der Waals surface area (Å²) in [5.74, 6) is -1.04. The van der Waals surface area contributed by atoms with E-state index in [4.69, 9.17) is 11.6 Å². The average molecular weight is 602 g/mol. The van der Waals surface area contributed by atoms with Crippen molar-refractivity contribution in [2.45, 2.75) is 58.2 Å². The molecule has 1 N–H and O–H groups in total. The van der Waals surface area contributed by atoms with E-state index in [9.17, 15) is 22.4 Å². The molecule has 0 aliphatic carbocycles. The molecule has 3 aromatic carbocycles. The molecule has 0 aliphatic heterocycles. The molecule has 1 atom stereocenters. The van der Waals surface area contributed by atoms with Crippen LogP contribution in [0.15, 0.2) is 78.9 Å². The highest BCUT2D eigenvalue weighted by Gasteiger charge is 2.32. The Labute approximate surface area is 247 Å². The number of carbonyl (C=O) groups excluding carboxylic acids is 2. The second-order valence-corrected chi connectivity index (χ2v) is 13.4. The number of hydrogen-bond acceptors (Lipinski definition) is 4. The first-order chi connectivity index (χ1) is 19.2. The number of nitrogens with zero attached hydrogens (tertiary/aromatic N) is 2. The maximum absolute atomic E-state index is 13.8. The average Bonchev–Trinajstić information content (AvgIpc) is 2.88. The molecule has 0 spiro atoms. The summed E-state index contributed by atoms with van der Waals surface area (Å²) in [7, 11) is -3.65. The van der Waals surface area contributed by atoms with Crippen LogP contribution in [0.3, 0.4) is 0 Å². The van der Waals surface area contributed by atoms with Crippen molar-refractivity contribution in [3.8, 4) is 0 Å². The van der Waals surface area contributed by atoms with E-state index in [0.29, 0.717) is 16.3 Å². The number of carbonyl (C=O) groups is 2. The molecule has 0 aliphatic rings. The zero-order valence-corrected chi connectivity index (χ0v) is 25.4. The molecule has 2 amide bonds. The van der Waals surface area contributed by atoms with Gasteiger partial charge in [0, 0.05) is 36.5 Å². The Morgan fingerprint density at radius 3 is 2.20 bits per heavy atom. The van der Waals surface area contributed by atoms with Crippen molar-refractivity contribution >= 4 is 39.1 Å². The lowest BCUT2D eigenvalue weighted by molar-refractivity contribution is -0.142. The van der Waals surface area contributed by atoms with Gasteiger partial charge in [-0.2, -0.15) is 0 Å². The smallest absolute Gasteiger partial charge is 0.243 e. The van der Waals surface area contributed by atoms with Crippen molar-refractivity contribution < 1.29 is 22.4 Å². The number of amides is 2. The van der Waals surface area contributed by atoms with Gasteiger partial charge in [0.15, 0.2) is 0 Å². The van der Waals surface area contributed by atoms with Crippen molar-refractivity contribution in [2.75, 3.05) is 17.1 Å². The zero-order valence-electron chi connectivity index (χ0n) is 23.8. The van der Waals surface area contributed by atoms with Crippen LogP contribution in [0.5, 0.6) is 0 Å². The van der Waals surface area contributed by atoms with Gasteiger partial charge < -0.3 is 10.2 Å². The molecule has 0 radical (unpaired) electrons. The largest absolute Gasteiger partial charge is 0.350 e. The third kappa shape index (κ3) is 10.2. The lowest BCUT2D eigenvalue weighted by Gasteiger charge is -2.34. The highest BCUT2D eigenvalue weighted by molar-refractivity contribution is 7.92. The van der Waals surface area contributed by atoms with Crippen molar-refractivity contribution in [3.63, 3.8) is 0 Å². The second-order valence-electron chi connectivity index (χ2n) is 11.0. The minimum Gasteiger partial charge on any atom is -0.350 e. The first-order valence-electron chi connectivity index (χ1n) is 13.4. The van der Waals surface area contributed by atoms with E-state index in [1.807, 2.05) is 51.1 Å². The summed E-state index contributed by atoms with van der Waals surface area (Å²) < 4.78 is 40.0. The summed E-state index contributed by atoms with van der Waals surface area (Å²) in [6.07, 6.45) is 1.57. The maximum Gasteiger partial charge on any atom is 0.243 e. The van der Waals surface area contributed by atoms with Crippen LogP contribution in [0.25, 0.3) is 0 Å². The molecule has 10 heteroatoms. The molecule has 3 aromatic rings. The predicted molar refractivity (Wildman–Crippen MR) is 162 cm³/mol. The molecule has 3 rings (SSSR count). The van der Waals surface area contributed by atoms with Crippen LogP contribution < -0.4 is 9.62 Å². The van der Waals surface area contributed by atoms with Crippen LogP contribution >= 0.6 is 11.6 Å². The monoisotopic (exact) mass is 601 g/mol. The molecule has 0 heterocycles. The normalized spacial score (nSPS) is 12.4. The van der Waals surface area contributed by atoms with E-state index in [0.717, 1.165) is 11.8 Å². The Bertz CT molecular complexity index is 1430. The highest BCUT2D eigenvalue weighted by Crippen LogP contribution is 2.23. The minimum atomic E-state index is -3.65. The van der Waals surface area contributed by atoms with Gasteiger partial charge in [0.1, 0.15) is 11.9 Å². The molecule has 1 unspecified atom stereocenters. The minimum absolute atomic E-state index is 0.0120. The van der Waals surface area contributed by atoms with Crippen LogP contribution in [0.4, 0.5) is 10.1 Å². The van der Waals surface area contributed by atoms with Gasteiger partial charge in [-0.25, -0.2) is 12.8 Å². The predicted octanol–water partition coefficient (Wildman–Crippen LogP) is 5.58. The molecule has 0 saturated carbocycles. The fourth-order valence-corrected chi connectivity index (χ4v) is 5.57. The van der Waals surface area contributed by atoms with Gasteiger partial charge in [0.2, 0.25) is 21.8 Å². The number of nitrogens with one attached hydrogen (secondary N) is 1. The quantitative estimate of drug-likeness (QED) is 0.294. The fraction of sp³-hybridized carbons (Fsp3) is 0.355. The van der Waals surface area contributed by atoms with Gasteiger partial charge in [-0.15, -0.1) is 0 Å². The third-order valence-electron chi connectivity index (χ3n) is 6.28. The van der Waals surface area contributed by atoms with E-state index in [1.165, 1.54) is 21.3 Å². The third-order valence-corrected chi connectivity index (χ3v) is 7.71. The van der Waals surface area contributed by atoms with Gasteiger partial charge in [0.25, 0.3) is 0 Å². The number of halogens is 2. The molecule has 0 fully saturated rings. The summed E-state index contributed by atoms with van der Waals surface area (Å²) in [6.45, 7) is 5.73. The number of benzene rings is 3. The lowest BCUT2D eigenvalue weighted by atomic mass is 10.00. The number of sulfonamides is 1. The number of rotatable bonds is 12. The van der Waals surface area contributed by atoms with Crippen molar-refractivity contribution in [3.05, 3.63) is 101 Å². The highest BCUT2D eigenvalue weighted by atomic mass is 35.5. The first kappa shape index (κ1) is 32.1. The Balaban J connectivity index is 1.90. The molecular weight excluding hydrogens is 565 g/mol. The SMILES string of the molecule is CC(C)(C)NC(=O)C(Cc1ccccc1)N(Cc1ccc(F)cc1)C(=O)CCCN(c1cccc(Cl)c1)S(C)(=O)=O. The molecule has 0 aromatic heterocycles. The van der Waals surface area contributed by atoms with Gasteiger partial charge in [0.05, 0.1) is 11.9 Å². The lowest BCUT2D eigenvalue weighted by Crippen LogP contribution is -2.54. The zero-order chi connectivity index (χ0) is 30.2. The molecule has 0 bridgehead atoms. The second kappa shape index (κ2) is 14.0. The fourth-order valence-electron chi connectivity index (χ4n) is 4.43. The number of hydrogen-bond donors (Lipinski definition) is 1. The van der Waals surface area contributed by atoms with Crippen molar-refractivity contribution in [1.29, 1.82) is 0 Å². The summed E-state index contributed by atoms with van der Waals surface area (Å²) in [6, 6.07) is 20.9. The molecule has 0 saturated heterocycles. The van der Waals surface area contributed by atoms with Crippen LogP contribution in [0.2, 0.25) is 5.02 Å². The standard InChI is InChI=1S/C31H37ClFN3O4S/c1-31(2,3)34-30(38)28(20-23-10-6-5-7-11-23)35(22-24-15-17-26(33)18-16-24)29(37)14-9-19-36(41(4,39)40)27-13-8-12-25(32)21-27/h5-8,10-13,15-18,21,28H,9,14,19-20,22H2,1-4H3,(H,34,38). The van der Waals surface area contributed by atoms with E-state index >= 15 is 0 Å². The molecule has 7 nitrogen and oxygen atoms in total. The van der Waals surface area contributed by atoms with Gasteiger partial charge in [-0.1, -0.05) is 60.1 Å². The van der Waals surface area contributed by atoms with Crippen molar-refractivity contribution in [2.24, 2.45) is 0 Å². The Kier molecular flexibility index (Phi) is 10.9. The topological polar surface area (TPSA) is 86.8 Å². The Morgan fingerprint density at radius 1 is 0.951 bits per heavy atom. The van der Waals surface area contributed by atoms with Crippen molar-refractivity contribution in [1.82, 2.24) is 10.2 Å². The van der Waals surface area contributed by atoms with E-state index in [-0.39, 0.29) is 44.2 Å². The van der Waals surface area contributed by atoms with Crippen LogP contribution in [-0.4, -0.2) is 49.5 Å². The van der Waals surface area contributed by atoms with Crippen LogP contribution in [-0.2, 0) is 32.6 Å². The van der Waals surface area contributed by atoms with Gasteiger partial charge >= 0.3 is 0 Å². The maximum atomic E-state index is 13.8. The van der Waals surface area contributed by atoms with E-state index in [1.54, 1.807) is 36.4 Å². The van der Waals surface area contributed by atoms with Gasteiger partial charge in [-0.05, 0) is 68.7 Å². The summed E-state index contributed by atoms with van der Waals surface area (Å²) in [4.78, 5) is 28.9. The molecule has 41 heavy (non-hydrogen) atoms. The van der Waals surface area contributed by atoms with E-state index < -0.39 is 27.4 Å². The first-order valence-corrected chi connectivity index (χ1v) is 15.6. The number of anilines is 1. The Morgan fingerprint density at radius 2 is 1.61 bits per heavy atom.